The van der Waals surface area contributed by atoms with E-state index in [4.69, 9.17) is 4.74 Å². The van der Waals surface area contributed by atoms with Gasteiger partial charge in [-0.25, -0.2) is 8.78 Å². The molecule has 2 aromatic rings. The van der Waals surface area contributed by atoms with E-state index in [1.807, 2.05) is 24.3 Å². The van der Waals surface area contributed by atoms with E-state index in [1.165, 1.54) is 12.1 Å². The van der Waals surface area contributed by atoms with Gasteiger partial charge in [-0.1, -0.05) is 12.1 Å². The molecule has 0 amide bonds. The highest BCUT2D eigenvalue weighted by Gasteiger charge is 2.29. The summed E-state index contributed by atoms with van der Waals surface area (Å²) in [5.74, 6) is 0.389. The lowest BCUT2D eigenvalue weighted by molar-refractivity contribution is 0.170. The van der Waals surface area contributed by atoms with E-state index in [0.29, 0.717) is 5.56 Å². The number of hydrogen-bond donors (Lipinski definition) is 1. The summed E-state index contributed by atoms with van der Waals surface area (Å²) in [5.41, 5.74) is 0.556. The summed E-state index contributed by atoms with van der Waals surface area (Å²) in [7, 11) is 1.77. The molecule has 5 heteroatoms. The molecule has 0 aliphatic carbocycles. The van der Waals surface area contributed by atoms with E-state index in [9.17, 15) is 8.78 Å². The maximum Gasteiger partial charge on any atom is 0.133 e. The van der Waals surface area contributed by atoms with Crippen LogP contribution in [0.2, 0.25) is 0 Å². The number of thioether (sulfide) groups is 1. The van der Waals surface area contributed by atoms with Crippen LogP contribution >= 0.6 is 11.8 Å². The normalized spacial score (nSPS) is 18.7. The Kier molecular flexibility index (Phi) is 4.12. The number of hydrogen-bond acceptors (Lipinski definition) is 3. The van der Waals surface area contributed by atoms with Crippen molar-refractivity contribution in [1.29, 1.82) is 0 Å². The second kappa shape index (κ2) is 6.03. The third-order valence-electron chi connectivity index (χ3n) is 3.46. The first-order valence-corrected chi connectivity index (χ1v) is 7.67. The zero-order valence-electron chi connectivity index (χ0n) is 11.5. The second-order valence-corrected chi connectivity index (χ2v) is 5.95. The van der Waals surface area contributed by atoms with Gasteiger partial charge >= 0.3 is 0 Å². The fourth-order valence-corrected chi connectivity index (χ4v) is 3.56. The number of fused-ring (bicyclic) bond motifs is 1. The molecule has 110 valence electrons. The highest BCUT2D eigenvalue weighted by atomic mass is 32.2. The quantitative estimate of drug-likeness (QED) is 0.932. The second-order valence-electron chi connectivity index (χ2n) is 4.88. The van der Waals surface area contributed by atoms with Crippen LogP contribution < -0.4 is 10.1 Å². The number of likely N-dealkylation sites (N-methyl/N-ethyl adjacent to an activating group) is 1. The number of para-hydroxylation sites is 1. The molecule has 1 N–H and O–H groups in total. The van der Waals surface area contributed by atoms with Gasteiger partial charge in [0.05, 0.1) is 6.04 Å². The van der Waals surface area contributed by atoms with Crippen molar-refractivity contribution in [1.82, 2.24) is 5.32 Å². The maximum atomic E-state index is 13.4. The minimum absolute atomic E-state index is 0.184. The first kappa shape index (κ1) is 14.4. The molecule has 0 bridgehead atoms. The van der Waals surface area contributed by atoms with Crippen LogP contribution in [0.1, 0.15) is 11.6 Å². The molecule has 2 aromatic carbocycles. The van der Waals surface area contributed by atoms with Crippen LogP contribution in [0.25, 0.3) is 0 Å². The molecule has 0 saturated carbocycles. The number of benzene rings is 2. The summed E-state index contributed by atoms with van der Waals surface area (Å²) in [5, 5.41) is 3.10. The number of nitrogens with one attached hydrogen (secondary N) is 1. The molecule has 21 heavy (non-hydrogen) atoms. The Labute approximate surface area is 126 Å². The first-order valence-electron chi connectivity index (χ1n) is 6.69. The molecule has 1 heterocycles. The van der Waals surface area contributed by atoms with E-state index >= 15 is 0 Å². The van der Waals surface area contributed by atoms with Gasteiger partial charge in [0.25, 0.3) is 0 Å². The van der Waals surface area contributed by atoms with Crippen LogP contribution in [0, 0.1) is 11.6 Å². The Morgan fingerprint density at radius 2 is 1.90 bits per heavy atom. The smallest absolute Gasteiger partial charge is 0.133 e. The minimum atomic E-state index is -0.575. The van der Waals surface area contributed by atoms with E-state index in [1.54, 1.807) is 18.8 Å². The van der Waals surface area contributed by atoms with Gasteiger partial charge in [0.2, 0.25) is 0 Å². The largest absolute Gasteiger partial charge is 0.486 e. The molecule has 1 aliphatic rings. The summed E-state index contributed by atoms with van der Waals surface area (Å²) < 4.78 is 32.8. The molecule has 0 aromatic heterocycles. The van der Waals surface area contributed by atoms with Gasteiger partial charge < -0.3 is 10.1 Å². The Morgan fingerprint density at radius 1 is 1.19 bits per heavy atom. The molecule has 0 saturated heterocycles. The van der Waals surface area contributed by atoms with Gasteiger partial charge in [-0.05, 0) is 36.9 Å². The van der Waals surface area contributed by atoms with Crippen molar-refractivity contribution >= 4 is 11.8 Å². The predicted octanol–water partition coefficient (Wildman–Crippen LogP) is 3.78. The molecule has 2 nitrogen and oxygen atoms in total. The average Bonchev–Trinajstić information content (AvgIpc) is 2.47. The van der Waals surface area contributed by atoms with Crippen LogP contribution in [0.3, 0.4) is 0 Å². The Bertz CT molecular complexity index is 630. The van der Waals surface area contributed by atoms with Crippen LogP contribution in [0.5, 0.6) is 5.75 Å². The minimum Gasteiger partial charge on any atom is -0.486 e. The average molecular weight is 307 g/mol. The zero-order chi connectivity index (χ0) is 14.8. The molecule has 2 unspecified atom stereocenters. The maximum absolute atomic E-state index is 13.4. The van der Waals surface area contributed by atoms with Crippen LogP contribution in [0.4, 0.5) is 8.78 Å². The van der Waals surface area contributed by atoms with Crippen molar-refractivity contribution in [3.05, 3.63) is 59.7 Å². The first-order chi connectivity index (χ1) is 10.2. The SMILES string of the molecule is CNC(c1cc(F)cc(F)c1)C1CSc2ccccc2O1. The zero-order valence-corrected chi connectivity index (χ0v) is 12.3. The lowest BCUT2D eigenvalue weighted by Crippen LogP contribution is -2.37. The van der Waals surface area contributed by atoms with Gasteiger partial charge in [0.15, 0.2) is 0 Å². The fourth-order valence-electron chi connectivity index (χ4n) is 2.52. The summed E-state index contributed by atoms with van der Waals surface area (Å²) >= 11 is 1.69. The van der Waals surface area contributed by atoms with E-state index < -0.39 is 11.6 Å². The highest BCUT2D eigenvalue weighted by Crippen LogP contribution is 2.38. The molecule has 0 radical (unpaired) electrons. The van der Waals surface area contributed by atoms with Crippen molar-refractivity contribution in [3.63, 3.8) is 0 Å². The predicted molar refractivity (Wildman–Crippen MR) is 79.7 cm³/mol. The number of rotatable bonds is 3. The van der Waals surface area contributed by atoms with Crippen LogP contribution in [0.15, 0.2) is 47.4 Å². The number of ether oxygens (including phenoxy) is 1. The summed E-state index contributed by atoms with van der Waals surface area (Å²) in [6.45, 7) is 0. The lowest BCUT2D eigenvalue weighted by atomic mass is 10.0. The van der Waals surface area contributed by atoms with Crippen LogP contribution in [-0.2, 0) is 0 Å². The van der Waals surface area contributed by atoms with Crippen molar-refractivity contribution in [2.24, 2.45) is 0 Å². The topological polar surface area (TPSA) is 21.3 Å². The van der Waals surface area contributed by atoms with Crippen molar-refractivity contribution in [2.75, 3.05) is 12.8 Å². The Morgan fingerprint density at radius 3 is 2.62 bits per heavy atom. The summed E-state index contributed by atoms with van der Waals surface area (Å²) in [4.78, 5) is 1.09. The Balaban J connectivity index is 1.88. The van der Waals surface area contributed by atoms with Gasteiger partial charge in [-0.3, -0.25) is 0 Å². The third kappa shape index (κ3) is 3.04. The summed E-state index contributed by atoms with van der Waals surface area (Å²) in [6.07, 6.45) is -0.184. The molecule has 0 spiro atoms. The van der Waals surface area contributed by atoms with Gasteiger partial charge in [-0.15, -0.1) is 11.8 Å². The Hall–Kier alpha value is -1.59. The van der Waals surface area contributed by atoms with Gasteiger partial charge in [-0.2, -0.15) is 0 Å². The van der Waals surface area contributed by atoms with E-state index in [0.717, 1.165) is 22.5 Å². The third-order valence-corrected chi connectivity index (χ3v) is 4.60. The van der Waals surface area contributed by atoms with E-state index in [2.05, 4.69) is 5.32 Å². The molecular formula is C16H15F2NOS. The highest BCUT2D eigenvalue weighted by molar-refractivity contribution is 7.99. The fraction of sp³-hybridized carbons (Fsp3) is 0.250. The molecule has 3 rings (SSSR count). The standard InChI is InChI=1S/C16H15F2NOS/c1-19-16(10-6-11(17)8-12(18)7-10)14-9-21-15-5-3-2-4-13(15)20-14/h2-8,14,16,19H,9H2,1H3. The lowest BCUT2D eigenvalue weighted by Gasteiger charge is -2.32. The van der Waals surface area contributed by atoms with Gasteiger partial charge in [0.1, 0.15) is 23.5 Å². The monoisotopic (exact) mass is 307 g/mol. The van der Waals surface area contributed by atoms with E-state index in [-0.39, 0.29) is 12.1 Å². The van der Waals surface area contributed by atoms with Crippen molar-refractivity contribution in [2.45, 2.75) is 17.0 Å². The molecule has 1 aliphatic heterocycles. The number of halogens is 2. The van der Waals surface area contributed by atoms with Crippen molar-refractivity contribution in [3.8, 4) is 5.75 Å². The molecular weight excluding hydrogens is 292 g/mol. The van der Waals surface area contributed by atoms with Gasteiger partial charge in [0, 0.05) is 16.7 Å². The van der Waals surface area contributed by atoms with Crippen molar-refractivity contribution < 1.29 is 13.5 Å². The molecule has 0 fully saturated rings. The molecule has 2 atom stereocenters. The van der Waals surface area contributed by atoms with Crippen LogP contribution in [-0.4, -0.2) is 18.9 Å². The summed E-state index contributed by atoms with van der Waals surface area (Å²) in [6, 6.07) is 11.1.